The number of methoxy groups -OCH3 is 2. The highest BCUT2D eigenvalue weighted by molar-refractivity contribution is 6.33. The Bertz CT molecular complexity index is 911. The zero-order valence-corrected chi connectivity index (χ0v) is 17.3. The number of carbonyl (C=O) groups excluding carboxylic acids is 2. The topological polar surface area (TPSA) is 89.4 Å². The highest BCUT2D eigenvalue weighted by atomic mass is 35.5. The lowest BCUT2D eigenvalue weighted by molar-refractivity contribution is -0.126. The van der Waals surface area contributed by atoms with Crippen LogP contribution in [0.25, 0.3) is 0 Å². The summed E-state index contributed by atoms with van der Waals surface area (Å²) in [5.74, 6) is -0.673. The molecule has 0 radical (unpaired) electrons. The molecule has 0 bridgehead atoms. The second-order valence-corrected chi connectivity index (χ2v) is 6.60. The maximum atomic E-state index is 12.6. The van der Waals surface area contributed by atoms with Crippen molar-refractivity contribution in [3.63, 3.8) is 0 Å². The summed E-state index contributed by atoms with van der Waals surface area (Å²) in [6, 6.07) is 6.93. The molecule has 0 saturated carbocycles. The fraction of sp³-hybridized carbons (Fsp3) is 0.263. The average Bonchev–Trinajstić information content (AvgIpc) is 2.64. The number of amides is 1. The van der Waals surface area contributed by atoms with Crippen molar-refractivity contribution in [3.05, 3.63) is 45.9 Å². The van der Waals surface area contributed by atoms with Gasteiger partial charge in [-0.15, -0.1) is 0 Å². The van der Waals surface area contributed by atoms with E-state index in [1.807, 2.05) is 0 Å². The number of carbonyl (C=O) groups is 2. The van der Waals surface area contributed by atoms with Crippen molar-refractivity contribution in [3.8, 4) is 11.5 Å². The molecule has 0 fully saturated rings. The monoisotopic (exact) mass is 423 g/mol. The Balaban J connectivity index is 2.32. The number of aryl methyl sites for hydroxylation is 1. The van der Waals surface area contributed by atoms with Gasteiger partial charge in [0, 0.05) is 0 Å². The van der Waals surface area contributed by atoms with Gasteiger partial charge in [-0.1, -0.05) is 35.3 Å². The number of nitrogens with one attached hydrogen (secondary N) is 1. The van der Waals surface area contributed by atoms with E-state index < -0.39 is 17.7 Å². The molecule has 0 spiro atoms. The van der Waals surface area contributed by atoms with Crippen molar-refractivity contribution in [1.29, 1.82) is 0 Å². The third-order valence-electron chi connectivity index (χ3n) is 3.83. The molecule has 1 N–H and O–H groups in total. The number of ketones is 1. The van der Waals surface area contributed by atoms with Gasteiger partial charge in [-0.25, -0.2) is 0 Å². The van der Waals surface area contributed by atoms with Gasteiger partial charge in [0.25, 0.3) is 5.91 Å². The van der Waals surface area contributed by atoms with Gasteiger partial charge in [0.1, 0.15) is 5.69 Å². The van der Waals surface area contributed by atoms with E-state index in [1.165, 1.54) is 33.3 Å². The highest BCUT2D eigenvalue weighted by Gasteiger charge is 2.25. The molecule has 148 valence electrons. The van der Waals surface area contributed by atoms with Crippen molar-refractivity contribution in [1.82, 2.24) is 0 Å². The summed E-state index contributed by atoms with van der Waals surface area (Å²) >= 11 is 12.2. The molecule has 28 heavy (non-hydrogen) atoms. The molecule has 2 aromatic rings. The normalized spacial score (nSPS) is 11.9. The molecule has 0 aliphatic heterocycles. The maximum absolute atomic E-state index is 12.6. The number of hydrogen-bond acceptors (Lipinski definition) is 6. The zero-order valence-electron chi connectivity index (χ0n) is 15.7. The lowest BCUT2D eigenvalue weighted by Crippen LogP contribution is -2.32. The van der Waals surface area contributed by atoms with E-state index in [0.717, 1.165) is 5.56 Å². The van der Waals surface area contributed by atoms with Gasteiger partial charge in [0.15, 0.2) is 17.3 Å². The van der Waals surface area contributed by atoms with Crippen molar-refractivity contribution in [2.24, 2.45) is 10.2 Å². The van der Waals surface area contributed by atoms with Gasteiger partial charge >= 0.3 is 0 Å². The zero-order chi connectivity index (χ0) is 20.8. The molecule has 1 unspecified atom stereocenters. The van der Waals surface area contributed by atoms with Crippen molar-refractivity contribution in [2.45, 2.75) is 19.9 Å². The predicted molar refractivity (Wildman–Crippen MR) is 108 cm³/mol. The van der Waals surface area contributed by atoms with E-state index in [9.17, 15) is 9.59 Å². The minimum Gasteiger partial charge on any atom is -0.491 e. The summed E-state index contributed by atoms with van der Waals surface area (Å²) in [6.07, 6.45) is 0. The van der Waals surface area contributed by atoms with E-state index in [1.54, 1.807) is 25.1 Å². The second kappa shape index (κ2) is 9.52. The Morgan fingerprint density at radius 2 is 1.71 bits per heavy atom. The Morgan fingerprint density at radius 1 is 1.04 bits per heavy atom. The van der Waals surface area contributed by atoms with E-state index in [2.05, 4.69) is 15.5 Å². The molecule has 1 amide bonds. The van der Waals surface area contributed by atoms with Crippen LogP contribution in [-0.4, -0.2) is 32.0 Å². The van der Waals surface area contributed by atoms with Crippen LogP contribution in [0.1, 0.15) is 12.5 Å². The lowest BCUT2D eigenvalue weighted by Gasteiger charge is -2.16. The van der Waals surface area contributed by atoms with Crippen LogP contribution in [0.5, 0.6) is 11.5 Å². The molecule has 7 nitrogen and oxygen atoms in total. The highest BCUT2D eigenvalue weighted by Crippen LogP contribution is 2.40. The first-order valence-corrected chi connectivity index (χ1v) is 8.93. The first-order valence-electron chi connectivity index (χ1n) is 8.17. The van der Waals surface area contributed by atoms with Crippen LogP contribution in [0.3, 0.4) is 0 Å². The van der Waals surface area contributed by atoms with Crippen molar-refractivity contribution >= 4 is 46.3 Å². The minimum atomic E-state index is -1.36. The number of nitrogens with zero attached hydrogens (tertiary/aromatic N) is 2. The summed E-state index contributed by atoms with van der Waals surface area (Å²) < 4.78 is 10.5. The predicted octanol–water partition coefficient (Wildman–Crippen LogP) is 5.00. The number of halogens is 2. The van der Waals surface area contributed by atoms with Crippen LogP contribution in [0.2, 0.25) is 10.0 Å². The van der Waals surface area contributed by atoms with Crippen LogP contribution in [0.15, 0.2) is 40.6 Å². The van der Waals surface area contributed by atoms with Crippen LogP contribution >= 0.6 is 23.2 Å². The molecule has 0 saturated heterocycles. The Hall–Kier alpha value is -2.64. The molecule has 2 rings (SSSR count). The van der Waals surface area contributed by atoms with E-state index >= 15 is 0 Å². The van der Waals surface area contributed by atoms with Gasteiger partial charge in [-0.3, -0.25) is 9.59 Å². The SMILES string of the molecule is COc1c(Cl)ccc(NC(=O)C(N=Nc2c(C)cccc2Cl)C(C)=O)c1OC. The lowest BCUT2D eigenvalue weighted by atomic mass is 10.2. The first kappa shape index (κ1) is 21.7. The molecular weight excluding hydrogens is 405 g/mol. The third-order valence-corrected chi connectivity index (χ3v) is 4.43. The molecule has 0 aromatic heterocycles. The molecular formula is C19H19Cl2N3O4. The van der Waals surface area contributed by atoms with Gasteiger partial charge in [0.05, 0.1) is 30.0 Å². The summed E-state index contributed by atoms with van der Waals surface area (Å²) in [6.45, 7) is 3.05. The van der Waals surface area contributed by atoms with Crippen molar-refractivity contribution < 1.29 is 19.1 Å². The van der Waals surface area contributed by atoms with Gasteiger partial charge in [-0.2, -0.15) is 10.2 Å². The van der Waals surface area contributed by atoms with Crippen LogP contribution < -0.4 is 14.8 Å². The molecule has 1 atom stereocenters. The number of anilines is 1. The summed E-state index contributed by atoms with van der Waals surface area (Å²) in [7, 11) is 2.83. The van der Waals surface area contributed by atoms with Gasteiger partial charge < -0.3 is 14.8 Å². The average molecular weight is 424 g/mol. The van der Waals surface area contributed by atoms with E-state index in [-0.39, 0.29) is 17.2 Å². The number of rotatable bonds is 7. The van der Waals surface area contributed by atoms with Gasteiger partial charge in [-0.05, 0) is 37.6 Å². The van der Waals surface area contributed by atoms with E-state index in [0.29, 0.717) is 15.7 Å². The molecule has 9 heteroatoms. The number of benzene rings is 2. The standard InChI is InChI=1S/C19H19Cl2N3O4/c1-10-6-5-7-12(20)15(10)23-24-16(11(2)25)19(26)22-14-9-8-13(21)17(27-3)18(14)28-4/h5-9,16H,1-4H3,(H,22,26). The summed E-state index contributed by atoms with van der Waals surface area (Å²) in [5.41, 5.74) is 1.45. The number of azo groups is 1. The fourth-order valence-corrected chi connectivity index (χ4v) is 2.90. The number of Topliss-reactive ketones (excluding diaryl/α,β-unsaturated/α-hetero) is 1. The molecule has 0 aliphatic carbocycles. The van der Waals surface area contributed by atoms with Gasteiger partial charge in [0.2, 0.25) is 6.04 Å². The van der Waals surface area contributed by atoms with Crippen molar-refractivity contribution in [2.75, 3.05) is 19.5 Å². The third kappa shape index (κ3) is 4.79. The largest absolute Gasteiger partial charge is 0.491 e. The molecule has 2 aromatic carbocycles. The summed E-state index contributed by atoms with van der Waals surface area (Å²) in [5, 5.41) is 11.2. The number of ether oxygens (including phenoxy) is 2. The number of hydrogen-bond donors (Lipinski definition) is 1. The second-order valence-electron chi connectivity index (χ2n) is 5.78. The maximum Gasteiger partial charge on any atom is 0.258 e. The summed E-state index contributed by atoms with van der Waals surface area (Å²) in [4.78, 5) is 24.6. The quantitative estimate of drug-likeness (QED) is 0.501. The first-order chi connectivity index (χ1) is 13.3. The van der Waals surface area contributed by atoms with Crippen LogP contribution in [0.4, 0.5) is 11.4 Å². The molecule has 0 heterocycles. The molecule has 0 aliphatic rings. The van der Waals surface area contributed by atoms with E-state index in [4.69, 9.17) is 32.7 Å². The van der Waals surface area contributed by atoms with Crippen LogP contribution in [-0.2, 0) is 9.59 Å². The Labute approximate surface area is 172 Å². The fourth-order valence-electron chi connectivity index (χ4n) is 2.41. The smallest absolute Gasteiger partial charge is 0.258 e. The minimum absolute atomic E-state index is 0.226. The van der Waals surface area contributed by atoms with Crippen LogP contribution in [0, 0.1) is 6.92 Å². The Kier molecular flexibility index (Phi) is 7.37. The Morgan fingerprint density at radius 3 is 2.29 bits per heavy atom.